The normalized spacial score (nSPS) is 11.1. The Bertz CT molecular complexity index is 2600. The lowest BCUT2D eigenvalue weighted by molar-refractivity contribution is 1.07. The van der Waals surface area contributed by atoms with E-state index in [9.17, 15) is 0 Å². The van der Waals surface area contributed by atoms with Crippen LogP contribution in [0.2, 0.25) is 0 Å². The standard InChI is InChI=1S/C49H33N3/c1-5-15-34(16-6-1)42-31-43(35-17-7-2-8-18-35)33-44(32-42)49-51-47(37-21-11-4-12-22-37)50-48(52-49)41-25-13-23-38(30-41)39-27-28-46-40(29-39)24-14-26-45(46)36-19-9-3-10-20-36/h1-33H. The Balaban J connectivity index is 1.17. The Kier molecular flexibility index (Phi) is 8.20. The van der Waals surface area contributed by atoms with Crippen LogP contribution in [0, 0.1) is 0 Å². The van der Waals surface area contributed by atoms with Crippen molar-refractivity contribution in [2.75, 3.05) is 0 Å². The number of benzene rings is 8. The van der Waals surface area contributed by atoms with Gasteiger partial charge in [-0.25, -0.2) is 15.0 Å². The van der Waals surface area contributed by atoms with Crippen LogP contribution in [-0.4, -0.2) is 15.0 Å². The van der Waals surface area contributed by atoms with E-state index in [1.165, 1.54) is 21.9 Å². The molecule has 0 aliphatic rings. The lowest BCUT2D eigenvalue weighted by Gasteiger charge is -2.13. The van der Waals surface area contributed by atoms with Crippen LogP contribution in [0.3, 0.4) is 0 Å². The van der Waals surface area contributed by atoms with Crippen molar-refractivity contribution in [3.05, 3.63) is 200 Å². The van der Waals surface area contributed by atoms with Gasteiger partial charge in [0.2, 0.25) is 0 Å². The summed E-state index contributed by atoms with van der Waals surface area (Å²) in [7, 11) is 0. The first kappa shape index (κ1) is 31.0. The molecule has 0 fully saturated rings. The average molecular weight is 664 g/mol. The smallest absolute Gasteiger partial charge is 0.164 e. The number of nitrogens with zero attached hydrogens (tertiary/aromatic N) is 3. The Hall–Kier alpha value is -6.97. The van der Waals surface area contributed by atoms with Crippen LogP contribution in [0.1, 0.15) is 0 Å². The monoisotopic (exact) mass is 663 g/mol. The quantitative estimate of drug-likeness (QED) is 0.170. The van der Waals surface area contributed by atoms with Gasteiger partial charge in [0.05, 0.1) is 0 Å². The van der Waals surface area contributed by atoms with Crippen LogP contribution in [0.4, 0.5) is 0 Å². The molecular weight excluding hydrogens is 631 g/mol. The lowest BCUT2D eigenvalue weighted by Crippen LogP contribution is -2.00. The number of aromatic nitrogens is 3. The fourth-order valence-corrected chi connectivity index (χ4v) is 6.87. The van der Waals surface area contributed by atoms with Gasteiger partial charge in [0, 0.05) is 16.7 Å². The molecular formula is C49H33N3. The molecule has 0 aliphatic heterocycles. The van der Waals surface area contributed by atoms with E-state index < -0.39 is 0 Å². The van der Waals surface area contributed by atoms with E-state index in [1.54, 1.807) is 0 Å². The van der Waals surface area contributed by atoms with E-state index >= 15 is 0 Å². The minimum absolute atomic E-state index is 0.628. The molecule has 0 radical (unpaired) electrons. The second kappa shape index (κ2) is 13.7. The maximum atomic E-state index is 5.18. The number of fused-ring (bicyclic) bond motifs is 1. The predicted molar refractivity (Wildman–Crippen MR) is 215 cm³/mol. The summed E-state index contributed by atoms with van der Waals surface area (Å²) in [4.78, 5) is 15.3. The first-order valence-electron chi connectivity index (χ1n) is 17.5. The largest absolute Gasteiger partial charge is 0.208 e. The highest BCUT2D eigenvalue weighted by Crippen LogP contribution is 2.35. The Morgan fingerprint density at radius 2 is 0.654 bits per heavy atom. The van der Waals surface area contributed by atoms with E-state index in [-0.39, 0.29) is 0 Å². The van der Waals surface area contributed by atoms with Gasteiger partial charge in [-0.3, -0.25) is 0 Å². The Morgan fingerprint density at radius 3 is 1.27 bits per heavy atom. The highest BCUT2D eigenvalue weighted by molar-refractivity contribution is 5.98. The van der Waals surface area contributed by atoms with Crippen molar-refractivity contribution in [1.29, 1.82) is 0 Å². The molecule has 3 nitrogen and oxygen atoms in total. The molecule has 0 spiro atoms. The third-order valence-corrected chi connectivity index (χ3v) is 9.49. The second-order valence-electron chi connectivity index (χ2n) is 12.9. The molecule has 9 aromatic rings. The molecule has 3 heteroatoms. The van der Waals surface area contributed by atoms with E-state index in [2.05, 4.69) is 158 Å². The molecule has 8 aromatic carbocycles. The summed E-state index contributed by atoms with van der Waals surface area (Å²) in [6, 6.07) is 70.0. The molecule has 244 valence electrons. The minimum atomic E-state index is 0.628. The molecule has 0 N–H and O–H groups in total. The minimum Gasteiger partial charge on any atom is -0.208 e. The van der Waals surface area contributed by atoms with Crippen LogP contribution in [-0.2, 0) is 0 Å². The molecule has 1 heterocycles. The van der Waals surface area contributed by atoms with Crippen LogP contribution in [0.5, 0.6) is 0 Å². The maximum Gasteiger partial charge on any atom is 0.164 e. The molecule has 0 unspecified atom stereocenters. The van der Waals surface area contributed by atoms with Gasteiger partial charge >= 0.3 is 0 Å². The van der Waals surface area contributed by atoms with Crippen molar-refractivity contribution >= 4 is 10.8 Å². The first-order valence-corrected chi connectivity index (χ1v) is 17.5. The van der Waals surface area contributed by atoms with E-state index in [1.807, 2.05) is 42.5 Å². The van der Waals surface area contributed by atoms with Crippen LogP contribution >= 0.6 is 0 Å². The molecule has 9 rings (SSSR count). The fraction of sp³-hybridized carbons (Fsp3) is 0. The van der Waals surface area contributed by atoms with Gasteiger partial charge in [-0.05, 0) is 85.6 Å². The highest BCUT2D eigenvalue weighted by atomic mass is 15.0. The zero-order chi connectivity index (χ0) is 34.7. The van der Waals surface area contributed by atoms with Crippen LogP contribution < -0.4 is 0 Å². The molecule has 52 heavy (non-hydrogen) atoms. The van der Waals surface area contributed by atoms with Gasteiger partial charge in [-0.15, -0.1) is 0 Å². The molecule has 0 aliphatic carbocycles. The van der Waals surface area contributed by atoms with Crippen molar-refractivity contribution in [2.45, 2.75) is 0 Å². The summed E-state index contributed by atoms with van der Waals surface area (Å²) in [5, 5.41) is 2.43. The molecule has 1 aromatic heterocycles. The summed E-state index contributed by atoms with van der Waals surface area (Å²) >= 11 is 0. The van der Waals surface area contributed by atoms with E-state index in [0.29, 0.717) is 17.5 Å². The van der Waals surface area contributed by atoms with Gasteiger partial charge < -0.3 is 0 Å². The van der Waals surface area contributed by atoms with Gasteiger partial charge in [-0.1, -0.05) is 170 Å². The molecule has 0 saturated heterocycles. The van der Waals surface area contributed by atoms with Crippen molar-refractivity contribution < 1.29 is 0 Å². The summed E-state index contributed by atoms with van der Waals surface area (Å²) in [6.07, 6.45) is 0. The Morgan fingerprint density at radius 1 is 0.231 bits per heavy atom. The predicted octanol–water partition coefficient (Wildman–Crippen LogP) is 12.7. The summed E-state index contributed by atoms with van der Waals surface area (Å²) < 4.78 is 0. The SMILES string of the molecule is c1ccc(-c2cc(-c3ccccc3)cc(-c3nc(-c4ccccc4)nc(-c4cccc(-c5ccc6c(-c7ccccc7)cccc6c5)c4)n3)c2)cc1. The average Bonchev–Trinajstić information content (AvgIpc) is 3.24. The number of rotatable bonds is 7. The van der Waals surface area contributed by atoms with Gasteiger partial charge in [0.25, 0.3) is 0 Å². The lowest BCUT2D eigenvalue weighted by atomic mass is 9.94. The zero-order valence-corrected chi connectivity index (χ0v) is 28.4. The van der Waals surface area contributed by atoms with Crippen molar-refractivity contribution in [2.24, 2.45) is 0 Å². The summed E-state index contributed by atoms with van der Waals surface area (Å²) in [5.41, 5.74) is 12.0. The van der Waals surface area contributed by atoms with Crippen molar-refractivity contribution in [3.63, 3.8) is 0 Å². The van der Waals surface area contributed by atoms with E-state index in [0.717, 1.165) is 50.1 Å². The molecule has 0 amide bonds. The van der Waals surface area contributed by atoms with Gasteiger partial charge in [0.15, 0.2) is 17.5 Å². The molecule has 0 saturated carbocycles. The summed E-state index contributed by atoms with van der Waals surface area (Å²) in [5.74, 6) is 1.89. The van der Waals surface area contributed by atoms with Crippen LogP contribution in [0.15, 0.2) is 200 Å². The maximum absolute atomic E-state index is 5.18. The molecule has 0 atom stereocenters. The van der Waals surface area contributed by atoms with E-state index in [4.69, 9.17) is 15.0 Å². The fourth-order valence-electron chi connectivity index (χ4n) is 6.87. The highest BCUT2D eigenvalue weighted by Gasteiger charge is 2.16. The van der Waals surface area contributed by atoms with Gasteiger partial charge in [0.1, 0.15) is 0 Å². The third kappa shape index (κ3) is 6.28. The zero-order valence-electron chi connectivity index (χ0n) is 28.4. The van der Waals surface area contributed by atoms with Crippen molar-refractivity contribution in [1.82, 2.24) is 15.0 Å². The topological polar surface area (TPSA) is 38.7 Å². The molecule has 0 bridgehead atoms. The third-order valence-electron chi connectivity index (χ3n) is 9.49. The Labute approximate surface area is 303 Å². The number of hydrogen-bond donors (Lipinski definition) is 0. The van der Waals surface area contributed by atoms with Crippen LogP contribution in [0.25, 0.3) is 89.4 Å². The van der Waals surface area contributed by atoms with Crippen molar-refractivity contribution in [3.8, 4) is 78.7 Å². The second-order valence-corrected chi connectivity index (χ2v) is 12.9. The summed E-state index contributed by atoms with van der Waals surface area (Å²) in [6.45, 7) is 0. The van der Waals surface area contributed by atoms with Gasteiger partial charge in [-0.2, -0.15) is 0 Å². The number of hydrogen-bond acceptors (Lipinski definition) is 3. The first-order chi connectivity index (χ1) is 25.7.